The first kappa shape index (κ1) is 24.4. The number of carbonyl (C=O) groups excluding carboxylic acids is 1. The molecule has 1 heterocycles. The third-order valence-corrected chi connectivity index (χ3v) is 5.93. The number of hydrogen-bond acceptors (Lipinski definition) is 5. The lowest BCUT2D eigenvalue weighted by molar-refractivity contribution is 0.0977. The first-order valence-corrected chi connectivity index (χ1v) is 12.1. The molecule has 0 saturated heterocycles. The minimum Gasteiger partial charge on any atom is -0.491 e. The normalized spacial score (nSPS) is 11.9. The van der Waals surface area contributed by atoms with Gasteiger partial charge in [0.15, 0.2) is 10.7 Å². The highest BCUT2D eigenvalue weighted by Gasteiger charge is 2.12. The summed E-state index contributed by atoms with van der Waals surface area (Å²) in [5, 5.41) is 5.95. The van der Waals surface area contributed by atoms with Crippen molar-refractivity contribution in [2.45, 2.75) is 46.1 Å². The monoisotopic (exact) mass is 487 g/mol. The SMILES string of the molecule is CC[C@H](C)Oc1ccc(C(=O)NC(=S)Nc2ccc(-c3nc4cc(C(C)C)ccc4o3)cc2)cc1. The maximum absolute atomic E-state index is 12.5. The summed E-state index contributed by atoms with van der Waals surface area (Å²) in [5.41, 5.74) is 4.93. The van der Waals surface area contributed by atoms with Crippen LogP contribution in [0.1, 0.15) is 56.0 Å². The van der Waals surface area contributed by atoms with Crippen molar-refractivity contribution in [3.8, 4) is 17.2 Å². The van der Waals surface area contributed by atoms with E-state index in [0.717, 1.165) is 34.5 Å². The van der Waals surface area contributed by atoms with E-state index >= 15 is 0 Å². The first-order valence-electron chi connectivity index (χ1n) is 11.7. The van der Waals surface area contributed by atoms with Crippen LogP contribution in [0.15, 0.2) is 71.1 Å². The standard InChI is InChI=1S/C28H29N3O3S/c1-5-18(4)33-23-13-8-19(9-14-23)26(32)31-28(35)29-22-11-6-20(7-12-22)27-30-24-16-21(17(2)3)10-15-25(24)34-27/h6-18H,5H2,1-4H3,(H2,29,31,32,35)/t18-/m0/s1. The molecule has 0 aliphatic rings. The van der Waals surface area contributed by atoms with Crippen LogP contribution in [-0.2, 0) is 0 Å². The summed E-state index contributed by atoms with van der Waals surface area (Å²) in [7, 11) is 0. The predicted octanol–water partition coefficient (Wildman–Crippen LogP) is 6.92. The Morgan fingerprint density at radius 2 is 1.74 bits per heavy atom. The highest BCUT2D eigenvalue weighted by Crippen LogP contribution is 2.27. The largest absolute Gasteiger partial charge is 0.491 e. The zero-order valence-electron chi connectivity index (χ0n) is 20.3. The van der Waals surface area contributed by atoms with Crippen LogP contribution in [0.5, 0.6) is 5.75 Å². The molecule has 1 amide bonds. The molecule has 6 nitrogen and oxygen atoms in total. The highest BCUT2D eigenvalue weighted by molar-refractivity contribution is 7.80. The molecular formula is C28H29N3O3S. The molecule has 1 aromatic heterocycles. The number of fused-ring (bicyclic) bond motifs is 1. The molecule has 0 saturated carbocycles. The number of thiocarbonyl (C=S) groups is 1. The molecule has 0 fully saturated rings. The van der Waals surface area contributed by atoms with Gasteiger partial charge in [-0.1, -0.05) is 26.8 Å². The summed E-state index contributed by atoms with van der Waals surface area (Å²) in [4.78, 5) is 17.2. The number of anilines is 1. The minimum atomic E-state index is -0.290. The van der Waals surface area contributed by atoms with E-state index in [1.54, 1.807) is 24.3 Å². The van der Waals surface area contributed by atoms with Crippen LogP contribution in [0.3, 0.4) is 0 Å². The van der Waals surface area contributed by atoms with Gasteiger partial charge in [0.1, 0.15) is 11.3 Å². The molecule has 4 aromatic rings. The molecule has 180 valence electrons. The Balaban J connectivity index is 1.36. The number of nitrogens with zero attached hydrogens (tertiary/aromatic N) is 1. The van der Waals surface area contributed by atoms with Crippen molar-refractivity contribution in [1.29, 1.82) is 0 Å². The van der Waals surface area contributed by atoms with Crippen molar-refractivity contribution < 1.29 is 13.9 Å². The van der Waals surface area contributed by atoms with Crippen molar-refractivity contribution in [3.63, 3.8) is 0 Å². The van der Waals surface area contributed by atoms with E-state index in [1.165, 1.54) is 5.56 Å². The zero-order valence-corrected chi connectivity index (χ0v) is 21.1. The van der Waals surface area contributed by atoms with Crippen LogP contribution in [0.4, 0.5) is 5.69 Å². The van der Waals surface area contributed by atoms with Crippen molar-refractivity contribution >= 4 is 40.0 Å². The fourth-order valence-electron chi connectivity index (χ4n) is 3.46. The molecule has 0 spiro atoms. The quantitative estimate of drug-likeness (QED) is 0.276. The third kappa shape index (κ3) is 6.05. The van der Waals surface area contributed by atoms with Crippen LogP contribution in [-0.4, -0.2) is 22.1 Å². The molecule has 0 radical (unpaired) electrons. The van der Waals surface area contributed by atoms with Gasteiger partial charge in [0.2, 0.25) is 5.89 Å². The molecular weight excluding hydrogens is 458 g/mol. The van der Waals surface area contributed by atoms with E-state index in [0.29, 0.717) is 17.4 Å². The number of hydrogen-bond donors (Lipinski definition) is 2. The summed E-state index contributed by atoms with van der Waals surface area (Å²) < 4.78 is 11.7. The van der Waals surface area contributed by atoms with E-state index < -0.39 is 0 Å². The fraction of sp³-hybridized carbons (Fsp3) is 0.250. The van der Waals surface area contributed by atoms with Gasteiger partial charge in [0.05, 0.1) is 6.10 Å². The van der Waals surface area contributed by atoms with Crippen molar-refractivity contribution in [3.05, 3.63) is 77.9 Å². The molecule has 0 unspecified atom stereocenters. The fourth-order valence-corrected chi connectivity index (χ4v) is 3.67. The molecule has 3 aromatic carbocycles. The lowest BCUT2D eigenvalue weighted by atomic mass is 10.0. The highest BCUT2D eigenvalue weighted by atomic mass is 32.1. The number of amides is 1. The van der Waals surface area contributed by atoms with E-state index in [-0.39, 0.29) is 17.1 Å². The van der Waals surface area contributed by atoms with E-state index in [2.05, 4.69) is 48.5 Å². The Kier molecular flexibility index (Phi) is 7.46. The maximum atomic E-state index is 12.5. The number of oxazole rings is 1. The van der Waals surface area contributed by atoms with Crippen molar-refractivity contribution in [2.75, 3.05) is 5.32 Å². The van der Waals surface area contributed by atoms with Gasteiger partial charge in [-0.2, -0.15) is 0 Å². The minimum absolute atomic E-state index is 0.123. The summed E-state index contributed by atoms with van der Waals surface area (Å²) in [6.45, 7) is 8.37. The van der Waals surface area contributed by atoms with Crippen molar-refractivity contribution in [1.82, 2.24) is 10.3 Å². The second-order valence-electron chi connectivity index (χ2n) is 8.75. The van der Waals surface area contributed by atoms with Gasteiger partial charge in [-0.3, -0.25) is 10.1 Å². The average Bonchev–Trinajstić information content (AvgIpc) is 3.28. The Morgan fingerprint density at radius 3 is 2.40 bits per heavy atom. The molecule has 7 heteroatoms. The molecule has 0 aliphatic carbocycles. The van der Waals surface area contributed by atoms with Gasteiger partial charge in [0.25, 0.3) is 5.91 Å². The molecule has 0 bridgehead atoms. The lowest BCUT2D eigenvalue weighted by Crippen LogP contribution is -2.34. The predicted molar refractivity (Wildman–Crippen MR) is 144 cm³/mol. The lowest BCUT2D eigenvalue weighted by Gasteiger charge is -2.13. The molecule has 2 N–H and O–H groups in total. The van der Waals surface area contributed by atoms with Crippen molar-refractivity contribution in [2.24, 2.45) is 0 Å². The summed E-state index contributed by atoms with van der Waals surface area (Å²) in [5.74, 6) is 1.43. The number of benzene rings is 3. The molecule has 0 aliphatic heterocycles. The van der Waals surface area contributed by atoms with Gasteiger partial charge in [-0.25, -0.2) is 4.98 Å². The van der Waals surface area contributed by atoms with E-state index in [4.69, 9.17) is 21.4 Å². The summed E-state index contributed by atoms with van der Waals surface area (Å²) >= 11 is 5.32. The van der Waals surface area contributed by atoms with Crippen LogP contribution in [0.2, 0.25) is 0 Å². The van der Waals surface area contributed by atoms with Crippen LogP contribution < -0.4 is 15.4 Å². The Morgan fingerprint density at radius 1 is 1.03 bits per heavy atom. The number of ether oxygens (including phenoxy) is 1. The first-order chi connectivity index (χ1) is 16.8. The van der Waals surface area contributed by atoms with Crippen LogP contribution >= 0.6 is 12.2 Å². The average molecular weight is 488 g/mol. The van der Waals surface area contributed by atoms with Crippen LogP contribution in [0, 0.1) is 0 Å². The van der Waals surface area contributed by atoms with Gasteiger partial charge in [-0.15, -0.1) is 0 Å². The number of carbonyl (C=O) groups is 1. The maximum Gasteiger partial charge on any atom is 0.257 e. The van der Waals surface area contributed by atoms with E-state index in [1.807, 2.05) is 37.3 Å². The third-order valence-electron chi connectivity index (χ3n) is 5.72. The number of rotatable bonds is 7. The van der Waals surface area contributed by atoms with E-state index in [9.17, 15) is 4.79 Å². The Bertz CT molecular complexity index is 1330. The summed E-state index contributed by atoms with van der Waals surface area (Å²) in [6, 6.07) is 20.6. The number of nitrogens with one attached hydrogen (secondary N) is 2. The molecule has 1 atom stereocenters. The smallest absolute Gasteiger partial charge is 0.257 e. The molecule has 35 heavy (non-hydrogen) atoms. The Hall–Kier alpha value is -3.71. The second-order valence-corrected chi connectivity index (χ2v) is 9.16. The van der Waals surface area contributed by atoms with Gasteiger partial charge >= 0.3 is 0 Å². The summed E-state index contributed by atoms with van der Waals surface area (Å²) in [6.07, 6.45) is 1.04. The number of aromatic nitrogens is 1. The second kappa shape index (κ2) is 10.7. The topological polar surface area (TPSA) is 76.4 Å². The Labute approximate surface area is 210 Å². The van der Waals surface area contributed by atoms with Crippen LogP contribution in [0.25, 0.3) is 22.6 Å². The van der Waals surface area contributed by atoms with Gasteiger partial charge in [0, 0.05) is 16.8 Å². The van der Waals surface area contributed by atoms with Gasteiger partial charge < -0.3 is 14.5 Å². The zero-order chi connectivity index (χ0) is 24.9. The molecule has 4 rings (SSSR count). The van der Waals surface area contributed by atoms with Gasteiger partial charge in [-0.05, 0) is 97.7 Å².